The maximum Gasteiger partial charge on any atom is 0.407 e. The van der Waals surface area contributed by atoms with E-state index in [1.165, 1.54) is 10.4 Å². The van der Waals surface area contributed by atoms with E-state index in [0.717, 1.165) is 0 Å². The van der Waals surface area contributed by atoms with Crippen molar-refractivity contribution in [2.75, 3.05) is 0 Å². The van der Waals surface area contributed by atoms with Gasteiger partial charge >= 0.3 is 6.09 Å². The molecule has 2 aromatic rings. The Bertz CT molecular complexity index is 749. The normalized spacial score (nSPS) is 21.1. The lowest BCUT2D eigenvalue weighted by Crippen LogP contribution is -2.67. The van der Waals surface area contributed by atoms with Crippen molar-refractivity contribution in [2.24, 2.45) is 0 Å². The van der Waals surface area contributed by atoms with Crippen molar-refractivity contribution in [3.05, 3.63) is 60.7 Å². The lowest BCUT2D eigenvalue weighted by molar-refractivity contribution is 0.0890. The molecule has 0 aliphatic carbocycles. The lowest BCUT2D eigenvalue weighted by Gasteiger charge is -2.45. The molecule has 0 spiro atoms. The Hall–Kier alpha value is -2.11. The summed E-state index contributed by atoms with van der Waals surface area (Å²) in [7, 11) is -2.58. The Morgan fingerprint density at radius 1 is 1.04 bits per heavy atom. The molecule has 1 heterocycles. The highest BCUT2D eigenvalue weighted by Crippen LogP contribution is 2.38. The molecule has 1 fully saturated rings. The fraction of sp³-hybridized carbons (Fsp3) is 0.435. The van der Waals surface area contributed by atoms with Crippen molar-refractivity contribution < 1.29 is 14.0 Å². The molecule has 4 nitrogen and oxygen atoms in total. The van der Waals surface area contributed by atoms with E-state index in [2.05, 4.69) is 81.5 Å². The average molecular weight is 398 g/mol. The zero-order chi connectivity index (χ0) is 20.4. The van der Waals surface area contributed by atoms with Crippen molar-refractivity contribution >= 4 is 24.8 Å². The van der Waals surface area contributed by atoms with Crippen LogP contribution in [-0.2, 0) is 9.16 Å². The number of hydrogen-bond donors (Lipinski definition) is 1. The van der Waals surface area contributed by atoms with Gasteiger partial charge < -0.3 is 14.5 Å². The van der Waals surface area contributed by atoms with Crippen molar-refractivity contribution in [1.82, 2.24) is 5.32 Å². The molecule has 2 aromatic carbocycles. The molecule has 0 bridgehead atoms. The third kappa shape index (κ3) is 4.01. The minimum atomic E-state index is -2.58. The predicted molar refractivity (Wildman–Crippen MR) is 116 cm³/mol. The van der Waals surface area contributed by atoms with E-state index in [9.17, 15) is 4.79 Å². The topological polar surface area (TPSA) is 47.6 Å². The molecule has 1 N–H and O–H groups in total. The maximum absolute atomic E-state index is 11.6. The first-order valence-electron chi connectivity index (χ1n) is 10.00. The number of benzene rings is 2. The maximum atomic E-state index is 11.6. The summed E-state index contributed by atoms with van der Waals surface area (Å²) in [6, 6.07) is 21.2. The van der Waals surface area contributed by atoms with Gasteiger partial charge in [-0.05, 0) is 29.3 Å². The second-order valence-electron chi connectivity index (χ2n) is 8.70. The molecule has 150 valence electrons. The Labute approximate surface area is 169 Å². The third-order valence-electron chi connectivity index (χ3n) is 5.52. The summed E-state index contributed by atoms with van der Waals surface area (Å²) in [4.78, 5) is 11.6. The molecule has 3 rings (SSSR count). The van der Waals surface area contributed by atoms with E-state index < -0.39 is 8.32 Å². The van der Waals surface area contributed by atoms with Gasteiger partial charge in [0.2, 0.25) is 0 Å². The minimum absolute atomic E-state index is 0.00213. The van der Waals surface area contributed by atoms with Crippen LogP contribution in [0.3, 0.4) is 0 Å². The summed E-state index contributed by atoms with van der Waals surface area (Å²) in [6.07, 6.45) is 0.118. The molecule has 0 saturated carbocycles. The number of cyclic esters (lactones) is 1. The van der Waals surface area contributed by atoms with Crippen LogP contribution in [-0.4, -0.2) is 32.7 Å². The van der Waals surface area contributed by atoms with Gasteiger partial charge in [-0.1, -0.05) is 81.4 Å². The van der Waals surface area contributed by atoms with Crippen LogP contribution >= 0.6 is 0 Å². The molecule has 28 heavy (non-hydrogen) atoms. The quantitative estimate of drug-likeness (QED) is 0.754. The lowest BCUT2D eigenvalue weighted by atomic mass is 10.1. The fourth-order valence-corrected chi connectivity index (χ4v) is 8.89. The number of carbonyl (C=O) groups excluding carboxylic acids is 1. The Morgan fingerprint density at radius 2 is 1.54 bits per heavy atom. The molecular formula is C23H31NO3Si. The van der Waals surface area contributed by atoms with Crippen LogP contribution in [0.1, 0.15) is 41.0 Å². The number of ether oxygens (including phenoxy) is 1. The smallest absolute Gasteiger partial charge is 0.407 e. The van der Waals surface area contributed by atoms with E-state index in [0.29, 0.717) is 6.42 Å². The Kier molecular flexibility index (Phi) is 5.96. The molecule has 1 aliphatic rings. The second kappa shape index (κ2) is 8.09. The molecule has 1 aliphatic heterocycles. The van der Waals surface area contributed by atoms with E-state index >= 15 is 0 Å². The molecular weight excluding hydrogens is 366 g/mol. The van der Waals surface area contributed by atoms with Gasteiger partial charge in [-0.2, -0.15) is 0 Å². The van der Waals surface area contributed by atoms with Crippen LogP contribution in [0.2, 0.25) is 5.04 Å². The SMILES string of the molecule is CC(C[C@@H]1OC(=O)N[C@H]1C)O[Si](c1ccccc1)(c1ccccc1)C(C)(C)C. The standard InChI is InChI=1S/C23H31NO3Si/c1-17(16-21-18(2)24-22(25)26-21)27-28(23(3,4)5,19-12-8-6-9-13-19)20-14-10-7-11-15-20/h6-15,17-18,21H,16H2,1-5H3,(H,24,25)/t17?,18-,21-/m0/s1. The van der Waals surface area contributed by atoms with Gasteiger partial charge in [-0.25, -0.2) is 4.79 Å². The van der Waals surface area contributed by atoms with Crippen LogP contribution in [0.4, 0.5) is 4.79 Å². The van der Waals surface area contributed by atoms with Crippen molar-refractivity contribution in [3.63, 3.8) is 0 Å². The second-order valence-corrected chi connectivity index (χ2v) is 13.0. The van der Waals surface area contributed by atoms with Crippen molar-refractivity contribution in [2.45, 2.75) is 64.3 Å². The first-order valence-corrected chi connectivity index (χ1v) is 11.9. The zero-order valence-corrected chi connectivity index (χ0v) is 18.4. The van der Waals surface area contributed by atoms with Gasteiger partial charge in [-0.15, -0.1) is 0 Å². The fourth-order valence-electron chi connectivity index (χ4n) is 4.17. The average Bonchev–Trinajstić information content (AvgIpc) is 2.97. The van der Waals surface area contributed by atoms with Gasteiger partial charge in [0, 0.05) is 12.5 Å². The minimum Gasteiger partial charge on any atom is -0.444 e. The Balaban J connectivity index is 2.00. The van der Waals surface area contributed by atoms with E-state index in [1.54, 1.807) is 0 Å². The first kappa shape index (κ1) is 20.6. The predicted octanol–water partition coefficient (Wildman–Crippen LogP) is 3.84. The molecule has 1 unspecified atom stereocenters. The Morgan fingerprint density at radius 3 is 1.93 bits per heavy atom. The summed E-state index contributed by atoms with van der Waals surface area (Å²) in [6.45, 7) is 10.9. The highest BCUT2D eigenvalue weighted by Gasteiger charge is 2.51. The molecule has 3 atom stereocenters. The summed E-state index contributed by atoms with van der Waals surface area (Å²) >= 11 is 0. The third-order valence-corrected chi connectivity index (χ3v) is 10.7. The highest BCUT2D eigenvalue weighted by molar-refractivity contribution is 6.99. The van der Waals surface area contributed by atoms with E-state index in [4.69, 9.17) is 9.16 Å². The van der Waals surface area contributed by atoms with E-state index in [1.807, 2.05) is 19.1 Å². The number of nitrogens with one attached hydrogen (secondary N) is 1. The van der Waals surface area contributed by atoms with Crippen LogP contribution in [0.25, 0.3) is 0 Å². The highest BCUT2D eigenvalue weighted by atomic mass is 28.4. The summed E-state index contributed by atoms with van der Waals surface area (Å²) in [5.41, 5.74) is 0. The largest absolute Gasteiger partial charge is 0.444 e. The molecule has 0 radical (unpaired) electrons. The summed E-state index contributed by atoms with van der Waals surface area (Å²) in [5, 5.41) is 5.27. The monoisotopic (exact) mass is 397 g/mol. The molecule has 5 heteroatoms. The van der Waals surface area contributed by atoms with Crippen LogP contribution in [0.5, 0.6) is 0 Å². The van der Waals surface area contributed by atoms with Crippen LogP contribution in [0, 0.1) is 0 Å². The number of alkyl carbamates (subject to hydrolysis) is 1. The van der Waals surface area contributed by atoms with Gasteiger partial charge in [0.05, 0.1) is 6.04 Å². The van der Waals surface area contributed by atoms with Gasteiger partial charge in [0.1, 0.15) is 6.10 Å². The number of rotatable bonds is 6. The zero-order valence-electron chi connectivity index (χ0n) is 17.4. The number of amides is 1. The number of carbonyl (C=O) groups is 1. The molecule has 1 saturated heterocycles. The molecule has 1 amide bonds. The van der Waals surface area contributed by atoms with Crippen molar-refractivity contribution in [3.8, 4) is 0 Å². The molecule has 0 aromatic heterocycles. The summed E-state index contributed by atoms with van der Waals surface area (Å²) in [5.74, 6) is 0. The van der Waals surface area contributed by atoms with Gasteiger partial charge in [0.25, 0.3) is 8.32 Å². The summed E-state index contributed by atoms with van der Waals surface area (Å²) < 4.78 is 12.5. The number of hydrogen-bond acceptors (Lipinski definition) is 3. The van der Waals surface area contributed by atoms with E-state index in [-0.39, 0.29) is 29.4 Å². The van der Waals surface area contributed by atoms with Gasteiger partial charge in [0.15, 0.2) is 0 Å². The van der Waals surface area contributed by atoms with Crippen LogP contribution in [0.15, 0.2) is 60.7 Å². The van der Waals surface area contributed by atoms with Crippen molar-refractivity contribution in [1.29, 1.82) is 0 Å². The van der Waals surface area contributed by atoms with Gasteiger partial charge in [-0.3, -0.25) is 0 Å². The first-order chi connectivity index (χ1) is 13.2. The van der Waals surface area contributed by atoms with Crippen LogP contribution < -0.4 is 15.7 Å².